The van der Waals surface area contributed by atoms with Gasteiger partial charge in [0.2, 0.25) is 0 Å². The Morgan fingerprint density at radius 1 is 1.33 bits per heavy atom. The van der Waals surface area contributed by atoms with E-state index in [0.717, 1.165) is 0 Å². The Morgan fingerprint density at radius 3 is 2.50 bits per heavy atom. The zero-order chi connectivity index (χ0) is 13.6. The van der Waals surface area contributed by atoms with E-state index in [4.69, 9.17) is 14.9 Å². The van der Waals surface area contributed by atoms with Crippen LogP contribution < -0.4 is 10.1 Å². The molecule has 0 aliphatic rings. The number of hydrogen-bond donors (Lipinski definition) is 3. The van der Waals surface area contributed by atoms with Gasteiger partial charge in [0.15, 0.2) is 0 Å². The van der Waals surface area contributed by atoms with Crippen LogP contribution in [0.15, 0.2) is 24.3 Å². The van der Waals surface area contributed by atoms with Crippen molar-refractivity contribution in [2.24, 2.45) is 0 Å². The Labute approximate surface area is 106 Å². The predicted molar refractivity (Wildman–Crippen MR) is 67.7 cm³/mol. The number of para-hydroxylation sites is 1. The van der Waals surface area contributed by atoms with Crippen LogP contribution in [0.3, 0.4) is 0 Å². The average molecular weight is 253 g/mol. The normalized spacial score (nSPS) is 11.1. The fourth-order valence-corrected chi connectivity index (χ4v) is 1.41. The van der Waals surface area contributed by atoms with Crippen LogP contribution in [0, 0.1) is 0 Å². The Morgan fingerprint density at radius 2 is 1.94 bits per heavy atom. The number of aliphatic hydroxyl groups excluding tert-OH is 2. The van der Waals surface area contributed by atoms with Crippen molar-refractivity contribution in [2.75, 3.05) is 19.8 Å². The molecule has 0 heterocycles. The molecule has 5 heteroatoms. The van der Waals surface area contributed by atoms with E-state index in [0.29, 0.717) is 17.9 Å². The first-order valence-electron chi connectivity index (χ1n) is 5.82. The second-order valence-electron chi connectivity index (χ2n) is 4.26. The molecule has 0 bridgehead atoms. The summed E-state index contributed by atoms with van der Waals surface area (Å²) in [6.45, 7) is 3.17. The summed E-state index contributed by atoms with van der Waals surface area (Å²) in [6.07, 6.45) is 0. The number of amides is 1. The number of benzene rings is 1. The van der Waals surface area contributed by atoms with Crippen LogP contribution in [0.1, 0.15) is 24.2 Å². The maximum absolute atomic E-state index is 12.1. The topological polar surface area (TPSA) is 78.8 Å². The van der Waals surface area contributed by atoms with Gasteiger partial charge in [0.05, 0.1) is 30.9 Å². The molecular weight excluding hydrogens is 234 g/mol. The van der Waals surface area contributed by atoms with Gasteiger partial charge in [-0.25, -0.2) is 0 Å². The minimum Gasteiger partial charge on any atom is -0.493 e. The first-order chi connectivity index (χ1) is 8.56. The number of nitrogens with one attached hydrogen (secondary N) is 1. The first-order valence-corrected chi connectivity index (χ1v) is 5.82. The van der Waals surface area contributed by atoms with Crippen LogP contribution >= 0.6 is 0 Å². The van der Waals surface area contributed by atoms with Gasteiger partial charge < -0.3 is 20.3 Å². The molecule has 1 rings (SSSR count). The second kappa shape index (κ2) is 6.37. The lowest BCUT2D eigenvalue weighted by Crippen LogP contribution is -2.51. The molecule has 0 aliphatic heterocycles. The summed E-state index contributed by atoms with van der Waals surface area (Å²) in [6, 6.07) is 6.84. The van der Waals surface area contributed by atoms with E-state index < -0.39 is 5.54 Å². The van der Waals surface area contributed by atoms with Crippen LogP contribution in [-0.4, -0.2) is 41.5 Å². The van der Waals surface area contributed by atoms with Gasteiger partial charge in [-0.2, -0.15) is 0 Å². The molecule has 18 heavy (non-hydrogen) atoms. The summed E-state index contributed by atoms with van der Waals surface area (Å²) in [5.74, 6) is 0.0976. The van der Waals surface area contributed by atoms with Crippen LogP contribution in [0.2, 0.25) is 0 Å². The van der Waals surface area contributed by atoms with E-state index in [2.05, 4.69) is 5.32 Å². The third-order valence-corrected chi connectivity index (χ3v) is 2.54. The van der Waals surface area contributed by atoms with E-state index >= 15 is 0 Å². The van der Waals surface area contributed by atoms with Gasteiger partial charge in [0.1, 0.15) is 5.75 Å². The molecule has 0 spiro atoms. The van der Waals surface area contributed by atoms with Crippen molar-refractivity contribution in [3.63, 3.8) is 0 Å². The van der Waals surface area contributed by atoms with Gasteiger partial charge in [0, 0.05) is 0 Å². The highest BCUT2D eigenvalue weighted by Crippen LogP contribution is 2.18. The van der Waals surface area contributed by atoms with Crippen molar-refractivity contribution in [3.8, 4) is 5.75 Å². The lowest BCUT2D eigenvalue weighted by molar-refractivity contribution is 0.0721. The highest BCUT2D eigenvalue weighted by Gasteiger charge is 2.26. The number of hydrogen-bond acceptors (Lipinski definition) is 4. The fourth-order valence-electron chi connectivity index (χ4n) is 1.41. The number of carbonyl (C=O) groups is 1. The first kappa shape index (κ1) is 14.5. The standard InChI is InChI=1S/C13H19NO4/c1-3-18-11-7-5-4-6-10(11)12(17)14-13(2,8-15)9-16/h4-7,15-16H,3,8-9H2,1-2H3,(H,14,17). The van der Waals surface area contributed by atoms with Crippen molar-refractivity contribution >= 4 is 5.91 Å². The van der Waals surface area contributed by atoms with E-state index in [-0.39, 0.29) is 19.1 Å². The van der Waals surface area contributed by atoms with Gasteiger partial charge in [-0.1, -0.05) is 12.1 Å². The quantitative estimate of drug-likeness (QED) is 0.692. The molecule has 3 N–H and O–H groups in total. The van der Waals surface area contributed by atoms with Gasteiger partial charge in [-0.15, -0.1) is 0 Å². The summed E-state index contributed by atoms with van der Waals surface area (Å²) in [7, 11) is 0. The maximum Gasteiger partial charge on any atom is 0.255 e. The molecule has 1 amide bonds. The summed E-state index contributed by atoms with van der Waals surface area (Å²) in [4.78, 5) is 12.1. The highest BCUT2D eigenvalue weighted by molar-refractivity contribution is 5.97. The van der Waals surface area contributed by atoms with Gasteiger partial charge in [-0.3, -0.25) is 4.79 Å². The molecule has 0 atom stereocenters. The lowest BCUT2D eigenvalue weighted by Gasteiger charge is -2.26. The Balaban J connectivity index is 2.90. The summed E-state index contributed by atoms with van der Waals surface area (Å²) in [5, 5.41) is 20.9. The zero-order valence-electron chi connectivity index (χ0n) is 10.6. The molecule has 1 aromatic rings. The molecule has 0 fully saturated rings. The minimum atomic E-state index is -1.05. The Bertz CT molecular complexity index is 402. The van der Waals surface area contributed by atoms with Crippen molar-refractivity contribution in [3.05, 3.63) is 29.8 Å². The molecule has 0 saturated heterocycles. The number of carbonyl (C=O) groups excluding carboxylic acids is 1. The second-order valence-corrected chi connectivity index (χ2v) is 4.26. The third-order valence-electron chi connectivity index (χ3n) is 2.54. The minimum absolute atomic E-state index is 0.341. The van der Waals surface area contributed by atoms with E-state index in [1.54, 1.807) is 31.2 Å². The molecule has 5 nitrogen and oxygen atoms in total. The van der Waals surface area contributed by atoms with Gasteiger partial charge >= 0.3 is 0 Å². The monoisotopic (exact) mass is 253 g/mol. The smallest absolute Gasteiger partial charge is 0.255 e. The number of aliphatic hydroxyl groups is 2. The maximum atomic E-state index is 12.1. The SMILES string of the molecule is CCOc1ccccc1C(=O)NC(C)(CO)CO. The lowest BCUT2D eigenvalue weighted by atomic mass is 10.0. The molecule has 0 aliphatic carbocycles. The molecule has 1 aromatic carbocycles. The molecule has 0 aromatic heterocycles. The largest absolute Gasteiger partial charge is 0.493 e. The predicted octanol–water partition coefficient (Wildman–Crippen LogP) is 0.558. The van der Waals surface area contributed by atoms with E-state index in [9.17, 15) is 4.79 Å². The Kier molecular flexibility index (Phi) is 5.12. The number of rotatable bonds is 6. The zero-order valence-corrected chi connectivity index (χ0v) is 10.6. The van der Waals surface area contributed by atoms with Gasteiger partial charge in [-0.05, 0) is 26.0 Å². The summed E-state index contributed by atoms with van der Waals surface area (Å²) >= 11 is 0. The van der Waals surface area contributed by atoms with Gasteiger partial charge in [0.25, 0.3) is 5.91 Å². The molecule has 0 radical (unpaired) electrons. The van der Waals surface area contributed by atoms with Crippen molar-refractivity contribution in [2.45, 2.75) is 19.4 Å². The van der Waals surface area contributed by atoms with Crippen LogP contribution in [-0.2, 0) is 0 Å². The highest BCUT2D eigenvalue weighted by atomic mass is 16.5. The van der Waals surface area contributed by atoms with Crippen molar-refractivity contribution in [1.82, 2.24) is 5.32 Å². The molecule has 100 valence electrons. The summed E-state index contributed by atoms with van der Waals surface area (Å²) < 4.78 is 5.35. The van der Waals surface area contributed by atoms with E-state index in [1.807, 2.05) is 6.92 Å². The van der Waals surface area contributed by atoms with Crippen molar-refractivity contribution < 1.29 is 19.7 Å². The third kappa shape index (κ3) is 3.45. The van der Waals surface area contributed by atoms with Crippen LogP contribution in [0.4, 0.5) is 0 Å². The molecule has 0 saturated carbocycles. The summed E-state index contributed by atoms with van der Waals surface area (Å²) in [5.41, 5.74) is -0.663. The average Bonchev–Trinajstić information content (AvgIpc) is 2.39. The fraction of sp³-hybridized carbons (Fsp3) is 0.462. The molecule has 0 unspecified atom stereocenters. The molecular formula is C13H19NO4. The van der Waals surface area contributed by atoms with Crippen LogP contribution in [0.5, 0.6) is 5.75 Å². The Hall–Kier alpha value is -1.59. The van der Waals surface area contributed by atoms with Crippen molar-refractivity contribution in [1.29, 1.82) is 0 Å². The number of ether oxygens (including phenoxy) is 1. The van der Waals surface area contributed by atoms with Crippen LogP contribution in [0.25, 0.3) is 0 Å². The van der Waals surface area contributed by atoms with E-state index in [1.165, 1.54) is 0 Å².